The van der Waals surface area contributed by atoms with Crippen molar-refractivity contribution >= 4 is 29.9 Å². The highest BCUT2D eigenvalue weighted by Crippen LogP contribution is 2.30. The Morgan fingerprint density at radius 2 is 2.17 bits per heavy atom. The molecule has 1 aliphatic rings. The van der Waals surface area contributed by atoms with Gasteiger partial charge in [0.05, 0.1) is 5.92 Å². The van der Waals surface area contributed by atoms with Crippen molar-refractivity contribution in [3.63, 3.8) is 0 Å². The average Bonchev–Trinajstić information content (AvgIpc) is 2.47. The van der Waals surface area contributed by atoms with Gasteiger partial charge in [-0.3, -0.25) is 4.79 Å². The number of amides is 1. The fourth-order valence-electron chi connectivity index (χ4n) is 3.43. The van der Waals surface area contributed by atoms with Gasteiger partial charge >= 0.3 is 0 Å². The third-order valence-corrected chi connectivity index (χ3v) is 4.70. The van der Waals surface area contributed by atoms with Crippen LogP contribution in [0.15, 0.2) is 24.3 Å². The van der Waals surface area contributed by atoms with Gasteiger partial charge in [0.1, 0.15) is 0 Å². The van der Waals surface area contributed by atoms with Crippen LogP contribution in [0.5, 0.6) is 0 Å². The Balaban J connectivity index is 0.00000264. The molecule has 2 unspecified atom stereocenters. The quantitative estimate of drug-likeness (QED) is 0.863. The minimum absolute atomic E-state index is 0. The third kappa shape index (κ3) is 5.37. The predicted molar refractivity (Wildman–Crippen MR) is 99.5 cm³/mol. The lowest BCUT2D eigenvalue weighted by Gasteiger charge is -2.36. The smallest absolute Gasteiger partial charge is 0.230 e. The molecule has 0 spiro atoms. The van der Waals surface area contributed by atoms with Gasteiger partial charge in [0.2, 0.25) is 5.91 Å². The first-order chi connectivity index (χ1) is 10.5. The van der Waals surface area contributed by atoms with Crippen LogP contribution in [-0.4, -0.2) is 37.5 Å². The molecule has 2 rings (SSSR count). The van der Waals surface area contributed by atoms with Gasteiger partial charge in [0.15, 0.2) is 0 Å². The zero-order chi connectivity index (χ0) is 16.1. The van der Waals surface area contributed by atoms with Crippen molar-refractivity contribution in [1.82, 2.24) is 10.2 Å². The lowest BCUT2D eigenvalue weighted by Crippen LogP contribution is -2.45. The summed E-state index contributed by atoms with van der Waals surface area (Å²) in [7, 11) is 1.98. The second-order valence-electron chi connectivity index (χ2n) is 6.63. The van der Waals surface area contributed by atoms with E-state index in [1.165, 1.54) is 6.42 Å². The van der Waals surface area contributed by atoms with Gasteiger partial charge in [-0.25, -0.2) is 0 Å². The van der Waals surface area contributed by atoms with Crippen LogP contribution in [0.25, 0.3) is 0 Å². The maximum Gasteiger partial charge on any atom is 0.230 e. The average molecular weight is 359 g/mol. The molecule has 0 bridgehead atoms. The van der Waals surface area contributed by atoms with Crippen LogP contribution in [-0.2, 0) is 4.79 Å². The van der Waals surface area contributed by atoms with Crippen molar-refractivity contribution in [3.8, 4) is 0 Å². The van der Waals surface area contributed by atoms with Gasteiger partial charge in [-0.1, -0.05) is 37.6 Å². The molecule has 1 fully saturated rings. The molecule has 0 radical (unpaired) electrons. The lowest BCUT2D eigenvalue weighted by atomic mass is 9.86. The highest BCUT2D eigenvalue weighted by molar-refractivity contribution is 6.30. The van der Waals surface area contributed by atoms with E-state index in [1.807, 2.05) is 31.3 Å². The number of hydrogen-bond acceptors (Lipinski definition) is 2. The maximum atomic E-state index is 13.1. The zero-order valence-corrected chi connectivity index (χ0v) is 15.8. The van der Waals surface area contributed by atoms with E-state index in [9.17, 15) is 4.79 Å². The summed E-state index contributed by atoms with van der Waals surface area (Å²) in [5, 5.41) is 3.93. The van der Waals surface area contributed by atoms with Gasteiger partial charge in [-0.2, -0.15) is 0 Å². The minimum atomic E-state index is -0.105. The van der Waals surface area contributed by atoms with E-state index in [2.05, 4.69) is 24.1 Å². The lowest BCUT2D eigenvalue weighted by molar-refractivity contribution is -0.135. The Bertz CT molecular complexity index is 506. The molecule has 5 heteroatoms. The largest absolute Gasteiger partial charge is 0.342 e. The van der Waals surface area contributed by atoms with Crippen molar-refractivity contribution in [3.05, 3.63) is 34.9 Å². The maximum absolute atomic E-state index is 13.1. The van der Waals surface area contributed by atoms with Crippen LogP contribution < -0.4 is 5.32 Å². The monoisotopic (exact) mass is 358 g/mol. The van der Waals surface area contributed by atoms with Crippen LogP contribution in [0.2, 0.25) is 5.02 Å². The SMILES string of the molecule is CNCC1CCCN(C(=O)C(c2cccc(Cl)c2)C(C)C)C1.Cl. The Morgan fingerprint density at radius 1 is 1.43 bits per heavy atom. The van der Waals surface area contributed by atoms with Crippen molar-refractivity contribution in [2.75, 3.05) is 26.7 Å². The van der Waals surface area contributed by atoms with E-state index in [-0.39, 0.29) is 30.2 Å². The molecule has 1 amide bonds. The summed E-state index contributed by atoms with van der Waals surface area (Å²) >= 11 is 6.12. The molecule has 1 heterocycles. The first-order valence-electron chi connectivity index (χ1n) is 8.21. The highest BCUT2D eigenvalue weighted by Gasteiger charge is 2.31. The molecule has 0 aliphatic carbocycles. The predicted octanol–water partition coefficient (Wildman–Crippen LogP) is 3.96. The Hall–Kier alpha value is -0.770. The highest BCUT2D eigenvalue weighted by atomic mass is 35.5. The van der Waals surface area contributed by atoms with Gasteiger partial charge in [0, 0.05) is 18.1 Å². The van der Waals surface area contributed by atoms with Gasteiger partial charge < -0.3 is 10.2 Å². The second kappa shape index (κ2) is 9.51. The summed E-state index contributed by atoms with van der Waals surface area (Å²) in [5.74, 6) is 0.968. The number of piperidine rings is 1. The number of carbonyl (C=O) groups is 1. The summed E-state index contributed by atoms with van der Waals surface area (Å²) in [4.78, 5) is 15.1. The molecule has 1 aromatic rings. The fourth-order valence-corrected chi connectivity index (χ4v) is 3.63. The topological polar surface area (TPSA) is 32.3 Å². The van der Waals surface area contributed by atoms with E-state index in [4.69, 9.17) is 11.6 Å². The number of nitrogens with zero attached hydrogens (tertiary/aromatic N) is 1. The standard InChI is InChI=1S/C18H27ClN2O.ClH/c1-13(2)17(15-7-4-8-16(19)10-15)18(22)21-9-5-6-14(12-21)11-20-3;/h4,7-8,10,13-14,17,20H,5-6,9,11-12H2,1-3H3;1H. The van der Waals surface area contributed by atoms with Crippen LogP contribution in [0.4, 0.5) is 0 Å². The number of rotatable bonds is 5. The number of halogens is 2. The number of benzene rings is 1. The van der Waals surface area contributed by atoms with Gasteiger partial charge in [-0.15, -0.1) is 12.4 Å². The number of carbonyl (C=O) groups excluding carboxylic acids is 1. The first kappa shape index (κ1) is 20.3. The molecule has 1 aromatic carbocycles. The Kier molecular flexibility index (Phi) is 8.38. The van der Waals surface area contributed by atoms with Crippen molar-refractivity contribution in [2.45, 2.75) is 32.6 Å². The molecule has 2 atom stereocenters. The van der Waals surface area contributed by atoms with Gasteiger partial charge in [0.25, 0.3) is 0 Å². The van der Waals surface area contributed by atoms with Crippen molar-refractivity contribution in [1.29, 1.82) is 0 Å². The first-order valence-corrected chi connectivity index (χ1v) is 8.59. The molecule has 3 nitrogen and oxygen atoms in total. The van der Waals surface area contributed by atoms with Crippen LogP contribution in [0.1, 0.15) is 38.2 Å². The normalized spacial score (nSPS) is 19.3. The molecular weight excluding hydrogens is 331 g/mol. The zero-order valence-electron chi connectivity index (χ0n) is 14.2. The number of nitrogens with one attached hydrogen (secondary N) is 1. The summed E-state index contributed by atoms with van der Waals surface area (Å²) < 4.78 is 0. The van der Waals surface area contributed by atoms with E-state index >= 15 is 0 Å². The minimum Gasteiger partial charge on any atom is -0.342 e. The summed E-state index contributed by atoms with van der Waals surface area (Å²) in [6.45, 7) is 6.94. The fraction of sp³-hybridized carbons (Fsp3) is 0.611. The summed E-state index contributed by atoms with van der Waals surface area (Å²) in [5.41, 5.74) is 1.03. The molecule has 0 saturated carbocycles. The molecule has 130 valence electrons. The molecule has 23 heavy (non-hydrogen) atoms. The van der Waals surface area contributed by atoms with E-state index in [0.29, 0.717) is 10.9 Å². The Labute approximate surface area is 151 Å². The molecule has 1 N–H and O–H groups in total. The second-order valence-corrected chi connectivity index (χ2v) is 7.06. The van der Waals surface area contributed by atoms with Crippen LogP contribution >= 0.6 is 24.0 Å². The van der Waals surface area contributed by atoms with E-state index in [1.54, 1.807) is 0 Å². The van der Waals surface area contributed by atoms with Crippen molar-refractivity contribution in [2.24, 2.45) is 11.8 Å². The molecule has 1 saturated heterocycles. The van der Waals surface area contributed by atoms with Crippen LogP contribution in [0, 0.1) is 11.8 Å². The van der Waals surface area contributed by atoms with Crippen LogP contribution in [0.3, 0.4) is 0 Å². The summed E-state index contributed by atoms with van der Waals surface area (Å²) in [6.07, 6.45) is 2.30. The number of likely N-dealkylation sites (tertiary alicyclic amines) is 1. The van der Waals surface area contributed by atoms with E-state index < -0.39 is 0 Å². The molecule has 1 aliphatic heterocycles. The Morgan fingerprint density at radius 3 is 2.78 bits per heavy atom. The van der Waals surface area contributed by atoms with Crippen molar-refractivity contribution < 1.29 is 4.79 Å². The summed E-state index contributed by atoms with van der Waals surface area (Å²) in [6, 6.07) is 7.74. The third-order valence-electron chi connectivity index (χ3n) is 4.46. The molecule has 0 aromatic heterocycles. The number of hydrogen-bond donors (Lipinski definition) is 1. The van der Waals surface area contributed by atoms with Gasteiger partial charge in [-0.05, 0) is 56.0 Å². The molecular formula is C18H28Cl2N2O. The van der Waals surface area contributed by atoms with E-state index in [0.717, 1.165) is 31.6 Å².